The van der Waals surface area contributed by atoms with Crippen LogP contribution in [0.4, 0.5) is 24.5 Å². The molecule has 0 unspecified atom stereocenters. The monoisotopic (exact) mass is 1020 g/mol. The quantitative estimate of drug-likeness (QED) is 0.0350. The zero-order chi connectivity index (χ0) is 53.5. The first kappa shape index (κ1) is 58.3. The second-order valence-electron chi connectivity index (χ2n) is 19.0. The molecule has 0 radical (unpaired) electrons. The minimum Gasteiger partial charge on any atom is -0.368 e. The summed E-state index contributed by atoms with van der Waals surface area (Å²) in [4.78, 5) is 44.6. The number of hydrazine groups is 1. The molecule has 400 valence electrons. The number of pyridine rings is 1. The van der Waals surface area contributed by atoms with Gasteiger partial charge in [-0.2, -0.15) is 18.3 Å². The summed E-state index contributed by atoms with van der Waals surface area (Å²) >= 11 is 0. The number of aldehydes is 1. The Morgan fingerprint density at radius 1 is 0.743 bits per heavy atom. The van der Waals surface area contributed by atoms with Crippen LogP contribution in [0.5, 0.6) is 0 Å². The Kier molecular flexibility index (Phi) is 23.6. The molecule has 74 heavy (non-hydrogen) atoms. The van der Waals surface area contributed by atoms with Crippen molar-refractivity contribution in [3.05, 3.63) is 142 Å². The van der Waals surface area contributed by atoms with Gasteiger partial charge in [-0.05, 0) is 83.6 Å². The standard InChI is InChI=1S/C47H56F3N11O2.C5H12.C4H8.CH2O/c1-5-53-55(4)32-40-29-42(14-11-39(40)34-62)59-25-23-58(24-26-59)41-12-9-36(10-13-41)16-18-56-19-21-57(22-20-56)30-38-28-44(47(48,49)50)45-33-60(46(63)61(45)31-38)43-8-6-7-37(27-43)15-17-54(3)35-52-51-2;1-3-5-4-2;1-2-4-3-1;1-2/h5-14,27-29,31,33-35,53H,1-2,15-26,30,32H2,3-4H3;3-5H2,1-2H3;1-4H2;1H2/b52-35-;;;. The van der Waals surface area contributed by atoms with Crippen molar-refractivity contribution >= 4 is 43.0 Å². The summed E-state index contributed by atoms with van der Waals surface area (Å²) in [6.07, 6.45) is 13.9. The number of nitrogens with one attached hydrogen (secondary N) is 1. The Hall–Kier alpha value is -6.56. The van der Waals surface area contributed by atoms with E-state index in [9.17, 15) is 22.8 Å². The van der Waals surface area contributed by atoms with E-state index in [0.29, 0.717) is 56.0 Å². The zero-order valence-electron chi connectivity index (χ0n) is 44.1. The summed E-state index contributed by atoms with van der Waals surface area (Å²) in [6.45, 7) is 22.4. The molecule has 4 heterocycles. The number of benzene rings is 3. The van der Waals surface area contributed by atoms with E-state index in [1.54, 1.807) is 30.9 Å². The molecule has 1 saturated carbocycles. The molecule has 3 aliphatic rings. The number of likely N-dealkylation sites (N-methyl/N-ethyl adjacent to an activating group) is 1. The van der Waals surface area contributed by atoms with E-state index in [1.807, 2.05) is 55.1 Å². The van der Waals surface area contributed by atoms with E-state index in [-0.39, 0.29) is 5.52 Å². The molecule has 2 saturated heterocycles. The number of hydrogen-bond donors (Lipinski definition) is 1. The molecule has 0 bridgehead atoms. The lowest BCUT2D eigenvalue weighted by atomic mass is 10.0. The number of fused-ring (bicyclic) bond motifs is 1. The minimum atomic E-state index is -4.64. The van der Waals surface area contributed by atoms with E-state index < -0.39 is 17.4 Å². The fourth-order valence-corrected chi connectivity index (χ4v) is 9.01. The lowest BCUT2D eigenvalue weighted by Gasteiger charge is -2.37. The highest BCUT2D eigenvalue weighted by atomic mass is 19.4. The average Bonchev–Trinajstić information content (AvgIpc) is 3.72. The Bertz CT molecular complexity index is 2590. The predicted octanol–water partition coefficient (Wildman–Crippen LogP) is 9.38. The lowest BCUT2D eigenvalue weighted by molar-refractivity contribution is -0.136. The van der Waals surface area contributed by atoms with Gasteiger partial charge >= 0.3 is 11.9 Å². The van der Waals surface area contributed by atoms with Crippen LogP contribution < -0.4 is 20.9 Å². The molecule has 3 aromatic carbocycles. The number of carbonyl (C=O) groups excluding carboxylic acids is 2. The number of alkyl halides is 3. The number of aromatic nitrogens is 2. The second kappa shape index (κ2) is 30.0. The zero-order valence-corrected chi connectivity index (χ0v) is 44.1. The molecule has 14 nitrogen and oxygen atoms in total. The Balaban J connectivity index is 0.000000832. The normalized spacial score (nSPS) is 15.0. The topological polar surface area (TPSA) is 117 Å². The summed E-state index contributed by atoms with van der Waals surface area (Å²) in [6, 6.07) is 23.3. The van der Waals surface area contributed by atoms with Gasteiger partial charge in [0.1, 0.15) is 19.4 Å². The van der Waals surface area contributed by atoms with Crippen molar-refractivity contribution in [3.8, 4) is 5.69 Å². The molecular formula is C57H78F3N11O3. The van der Waals surface area contributed by atoms with E-state index >= 15 is 0 Å². The van der Waals surface area contributed by atoms with Gasteiger partial charge in [-0.3, -0.25) is 18.7 Å². The van der Waals surface area contributed by atoms with E-state index in [2.05, 4.69) is 92.7 Å². The summed E-state index contributed by atoms with van der Waals surface area (Å²) < 4.78 is 45.9. The SMILES string of the molecule is C1CCC1.C=CNN(C)Cc1cc(N2CCN(c3ccc(CCN4CCN(Cc5cc(C(F)(F)F)c6cn(-c7cccc(CCN(C)/C=N\N=C)c7)c(=O)n6c5)CC4)cc3)CC2)ccc1C=O.C=O.CCCCC. The number of halogens is 3. The maximum Gasteiger partial charge on any atom is 0.418 e. The molecule has 3 fully saturated rings. The molecule has 0 atom stereocenters. The number of imidazole rings is 1. The van der Waals surface area contributed by atoms with Gasteiger partial charge in [-0.15, -0.1) is 5.10 Å². The van der Waals surface area contributed by atoms with Gasteiger partial charge in [0.05, 0.1) is 16.8 Å². The van der Waals surface area contributed by atoms with Crippen LogP contribution in [-0.4, -0.2) is 134 Å². The van der Waals surface area contributed by atoms with Crippen LogP contribution in [0.25, 0.3) is 11.2 Å². The van der Waals surface area contributed by atoms with Gasteiger partial charge in [0.2, 0.25) is 0 Å². The third-order valence-corrected chi connectivity index (χ3v) is 13.6. The van der Waals surface area contributed by atoms with Crippen molar-refractivity contribution < 1.29 is 22.8 Å². The molecule has 1 aliphatic carbocycles. The van der Waals surface area contributed by atoms with Crippen molar-refractivity contribution in [3.63, 3.8) is 0 Å². The molecule has 1 N–H and O–H groups in total. The van der Waals surface area contributed by atoms with Gasteiger partial charge in [-0.1, -0.05) is 89.6 Å². The Morgan fingerprint density at radius 3 is 1.96 bits per heavy atom. The number of piperazine rings is 2. The Morgan fingerprint density at radius 2 is 1.38 bits per heavy atom. The number of anilines is 2. The Labute approximate surface area is 436 Å². The van der Waals surface area contributed by atoms with Gasteiger partial charge in [0.15, 0.2) is 0 Å². The van der Waals surface area contributed by atoms with Crippen molar-refractivity contribution in [1.29, 1.82) is 0 Å². The van der Waals surface area contributed by atoms with Crippen molar-refractivity contribution in [2.24, 2.45) is 10.2 Å². The van der Waals surface area contributed by atoms with Crippen LogP contribution in [0, 0.1) is 0 Å². The minimum absolute atomic E-state index is 0.176. The highest BCUT2D eigenvalue weighted by Gasteiger charge is 2.35. The fourth-order valence-electron chi connectivity index (χ4n) is 9.01. The fraction of sp³-hybridized carbons (Fsp3) is 0.456. The average molecular weight is 1020 g/mol. The van der Waals surface area contributed by atoms with Crippen LogP contribution in [0.3, 0.4) is 0 Å². The molecule has 0 spiro atoms. The van der Waals surface area contributed by atoms with Crippen LogP contribution in [0.2, 0.25) is 0 Å². The molecule has 8 rings (SSSR count). The van der Waals surface area contributed by atoms with Crippen LogP contribution in [-0.2, 0) is 36.9 Å². The first-order valence-corrected chi connectivity index (χ1v) is 25.9. The summed E-state index contributed by atoms with van der Waals surface area (Å²) in [5.74, 6) is 0. The second-order valence-corrected chi connectivity index (χ2v) is 19.0. The molecule has 5 aromatic rings. The van der Waals surface area contributed by atoms with Crippen molar-refractivity contribution in [2.75, 3.05) is 89.3 Å². The van der Waals surface area contributed by atoms with Gasteiger partial charge in [0.25, 0.3) is 0 Å². The third-order valence-electron chi connectivity index (χ3n) is 13.6. The highest BCUT2D eigenvalue weighted by molar-refractivity contribution is 5.78. The molecule has 2 aromatic heterocycles. The maximum absolute atomic E-state index is 14.5. The third kappa shape index (κ3) is 17.3. The molecular weight excluding hydrogens is 944 g/mol. The van der Waals surface area contributed by atoms with Crippen LogP contribution in [0.1, 0.15) is 97.0 Å². The molecule has 2 aliphatic heterocycles. The summed E-state index contributed by atoms with van der Waals surface area (Å²) in [5, 5.41) is 9.13. The summed E-state index contributed by atoms with van der Waals surface area (Å²) in [7, 11) is 3.77. The predicted molar refractivity (Wildman–Crippen MR) is 296 cm³/mol. The van der Waals surface area contributed by atoms with Crippen LogP contribution >= 0.6 is 0 Å². The van der Waals surface area contributed by atoms with Gasteiger partial charge in [0, 0.05) is 135 Å². The van der Waals surface area contributed by atoms with E-state index in [4.69, 9.17) is 4.79 Å². The van der Waals surface area contributed by atoms with Crippen molar-refractivity contribution in [1.82, 2.24) is 34.1 Å². The number of carbonyl (C=O) groups is 2. The number of unbranched alkanes of at least 4 members (excludes halogenated alkanes) is 2. The number of nitrogens with zero attached hydrogens (tertiary/aromatic N) is 10. The van der Waals surface area contributed by atoms with Crippen molar-refractivity contribution in [2.45, 2.75) is 90.9 Å². The summed E-state index contributed by atoms with van der Waals surface area (Å²) in [5.41, 5.74) is 8.58. The van der Waals surface area contributed by atoms with E-state index in [1.165, 1.54) is 73.0 Å². The maximum atomic E-state index is 14.5. The van der Waals surface area contributed by atoms with Crippen LogP contribution in [0.15, 0.2) is 113 Å². The van der Waals surface area contributed by atoms with E-state index in [0.717, 1.165) is 79.7 Å². The smallest absolute Gasteiger partial charge is 0.368 e. The molecule has 17 heteroatoms. The van der Waals surface area contributed by atoms with Gasteiger partial charge in [-0.25, -0.2) is 9.80 Å². The number of rotatable bonds is 20. The first-order chi connectivity index (χ1) is 35.8. The first-order valence-electron chi connectivity index (χ1n) is 25.9. The lowest BCUT2D eigenvalue weighted by Crippen LogP contribution is -2.46. The van der Waals surface area contributed by atoms with Gasteiger partial charge < -0.3 is 29.8 Å². The highest BCUT2D eigenvalue weighted by Crippen LogP contribution is 2.34. The largest absolute Gasteiger partial charge is 0.418 e. The molecule has 0 amide bonds. The number of hydrogen-bond acceptors (Lipinski definition) is 11.